The summed E-state index contributed by atoms with van der Waals surface area (Å²) < 4.78 is 144. The van der Waals surface area contributed by atoms with Gasteiger partial charge in [-0.3, -0.25) is 9.35 Å². The molecule has 0 fully saturated rings. The fraction of sp³-hybridized carbons (Fsp3) is 0.733. The molecule has 1 amide bonds. The van der Waals surface area contributed by atoms with Crippen molar-refractivity contribution >= 4 is 22.0 Å². The topological polar surface area (TPSA) is 119 Å². The van der Waals surface area contributed by atoms with Crippen LogP contribution in [0.25, 0.3) is 0 Å². The Morgan fingerprint density at radius 2 is 1.59 bits per heavy atom. The number of hydrogen-bond donors (Lipinski definition) is 2. The molecule has 0 bridgehead atoms. The number of unbranched alkanes of at least 4 members (excludes halogenated alkanes) is 1. The van der Waals surface area contributed by atoms with Gasteiger partial charge in [-0.05, 0) is 12.8 Å². The Morgan fingerprint density at radius 1 is 1.06 bits per heavy atom. The fourth-order valence-corrected chi connectivity index (χ4v) is 2.41. The number of hydrogen-bond acceptors (Lipinski definition) is 6. The van der Waals surface area contributed by atoms with Gasteiger partial charge in [0.1, 0.15) is 0 Å². The minimum atomic E-state index is -6.59. The van der Waals surface area contributed by atoms with Crippen LogP contribution in [0.2, 0.25) is 0 Å². The number of carbonyl (C=O) groups excluding carboxylic acids is 2. The molecule has 0 aliphatic heterocycles. The summed E-state index contributed by atoms with van der Waals surface area (Å²) in [5, 5.41) is -4.31. The Labute approximate surface area is 176 Å². The van der Waals surface area contributed by atoms with Crippen LogP contribution in [-0.2, 0) is 29.2 Å². The standard InChI is InChI=1S/C15H19F8NO7S/c1-3-4-7-24-11(26)13(14(19,20)21,31-10(25)9(2)16)30-8-5-6-12(17,18)15(22,23)32(27,28)29/h2-8H2,1H3,(H,24,26)(H,27,28,29). The summed E-state index contributed by atoms with van der Waals surface area (Å²) in [7, 11) is -6.59. The van der Waals surface area contributed by atoms with E-state index in [1.807, 2.05) is 0 Å². The van der Waals surface area contributed by atoms with E-state index in [9.17, 15) is 53.1 Å². The molecule has 0 saturated heterocycles. The second-order valence-corrected chi connectivity index (χ2v) is 7.63. The van der Waals surface area contributed by atoms with Gasteiger partial charge in [0.05, 0.1) is 6.61 Å². The number of amides is 1. The van der Waals surface area contributed by atoms with E-state index in [0.717, 1.165) is 0 Å². The summed E-state index contributed by atoms with van der Waals surface area (Å²) >= 11 is 0. The molecule has 8 nitrogen and oxygen atoms in total. The van der Waals surface area contributed by atoms with E-state index in [1.165, 1.54) is 0 Å². The van der Waals surface area contributed by atoms with Crippen molar-refractivity contribution in [3.63, 3.8) is 0 Å². The highest BCUT2D eigenvalue weighted by Gasteiger charge is 2.67. The minimum absolute atomic E-state index is 0.139. The second-order valence-electron chi connectivity index (χ2n) is 6.17. The van der Waals surface area contributed by atoms with E-state index >= 15 is 0 Å². The van der Waals surface area contributed by atoms with Crippen molar-refractivity contribution in [3.05, 3.63) is 12.4 Å². The van der Waals surface area contributed by atoms with Crippen molar-refractivity contribution in [2.24, 2.45) is 0 Å². The van der Waals surface area contributed by atoms with Gasteiger partial charge in [0.2, 0.25) is 5.83 Å². The lowest BCUT2D eigenvalue weighted by Crippen LogP contribution is -2.61. The molecule has 32 heavy (non-hydrogen) atoms. The minimum Gasteiger partial charge on any atom is -0.410 e. The lowest BCUT2D eigenvalue weighted by Gasteiger charge is -2.33. The smallest absolute Gasteiger partial charge is 0.410 e. The van der Waals surface area contributed by atoms with Crippen LogP contribution in [0.4, 0.5) is 35.1 Å². The van der Waals surface area contributed by atoms with Crippen molar-refractivity contribution in [2.75, 3.05) is 13.2 Å². The van der Waals surface area contributed by atoms with Crippen molar-refractivity contribution in [1.82, 2.24) is 5.32 Å². The van der Waals surface area contributed by atoms with E-state index in [0.29, 0.717) is 6.42 Å². The highest BCUT2D eigenvalue weighted by atomic mass is 32.2. The van der Waals surface area contributed by atoms with Gasteiger partial charge in [-0.2, -0.15) is 43.5 Å². The zero-order chi connectivity index (χ0) is 25.6. The van der Waals surface area contributed by atoms with Gasteiger partial charge in [-0.25, -0.2) is 4.79 Å². The number of carbonyl (C=O) groups is 2. The van der Waals surface area contributed by atoms with Crippen LogP contribution >= 0.6 is 0 Å². The molecule has 17 heteroatoms. The summed E-state index contributed by atoms with van der Waals surface area (Å²) in [6, 6.07) is 0. The molecule has 0 aromatic heterocycles. The van der Waals surface area contributed by atoms with E-state index in [1.54, 1.807) is 12.2 Å². The maximum Gasteiger partial charge on any atom is 0.466 e. The Balaban J connectivity index is 5.73. The Hall–Kier alpha value is -2.01. The third-order valence-corrected chi connectivity index (χ3v) is 4.58. The Morgan fingerprint density at radius 3 is 2.00 bits per heavy atom. The average molecular weight is 509 g/mol. The number of esters is 1. The number of alkyl halides is 7. The van der Waals surface area contributed by atoms with Crippen molar-refractivity contribution in [1.29, 1.82) is 0 Å². The highest BCUT2D eigenvalue weighted by molar-refractivity contribution is 7.87. The zero-order valence-corrected chi connectivity index (χ0v) is 17.1. The first-order valence-corrected chi connectivity index (χ1v) is 10.00. The van der Waals surface area contributed by atoms with Gasteiger partial charge in [0, 0.05) is 13.0 Å². The number of halogens is 8. The molecule has 1 atom stereocenters. The molecular formula is C15H19F8NO7S. The Bertz CT molecular complexity index is 800. The first kappa shape index (κ1) is 30.0. The van der Waals surface area contributed by atoms with Gasteiger partial charge < -0.3 is 14.8 Å². The average Bonchev–Trinajstić information content (AvgIpc) is 2.61. The van der Waals surface area contributed by atoms with Crippen LogP contribution in [0.15, 0.2) is 12.4 Å². The molecule has 0 spiro atoms. The molecule has 0 aliphatic rings. The van der Waals surface area contributed by atoms with Crippen LogP contribution in [-0.4, -0.2) is 61.1 Å². The van der Waals surface area contributed by atoms with Crippen LogP contribution < -0.4 is 5.32 Å². The molecule has 0 rings (SSSR count). The van der Waals surface area contributed by atoms with E-state index in [-0.39, 0.29) is 6.42 Å². The predicted octanol–water partition coefficient (Wildman–Crippen LogP) is 3.10. The largest absolute Gasteiger partial charge is 0.466 e. The van der Waals surface area contributed by atoms with Crippen LogP contribution in [0.5, 0.6) is 0 Å². The number of ether oxygens (including phenoxy) is 2. The van der Waals surface area contributed by atoms with Gasteiger partial charge in [-0.1, -0.05) is 19.9 Å². The maximum atomic E-state index is 13.6. The van der Waals surface area contributed by atoms with Crippen LogP contribution in [0.3, 0.4) is 0 Å². The lowest BCUT2D eigenvalue weighted by atomic mass is 10.2. The van der Waals surface area contributed by atoms with E-state index < -0.39 is 77.0 Å². The van der Waals surface area contributed by atoms with Gasteiger partial charge in [-0.15, -0.1) is 0 Å². The van der Waals surface area contributed by atoms with Crippen molar-refractivity contribution < 1.29 is 67.2 Å². The van der Waals surface area contributed by atoms with Crippen molar-refractivity contribution in [3.8, 4) is 0 Å². The number of rotatable bonds is 13. The molecule has 0 aromatic rings. The predicted molar refractivity (Wildman–Crippen MR) is 89.7 cm³/mol. The third kappa shape index (κ3) is 6.99. The number of nitrogens with one attached hydrogen (secondary N) is 1. The molecule has 0 radical (unpaired) electrons. The maximum absolute atomic E-state index is 13.6. The highest BCUT2D eigenvalue weighted by Crippen LogP contribution is 2.42. The first-order chi connectivity index (χ1) is 14.3. The molecule has 0 aromatic carbocycles. The fourth-order valence-electron chi connectivity index (χ4n) is 1.94. The van der Waals surface area contributed by atoms with Gasteiger partial charge in [0.25, 0.3) is 0 Å². The van der Waals surface area contributed by atoms with Gasteiger partial charge >= 0.3 is 45.1 Å². The third-order valence-electron chi connectivity index (χ3n) is 3.64. The summed E-state index contributed by atoms with van der Waals surface area (Å²) in [5.74, 6) is -16.7. The van der Waals surface area contributed by atoms with Crippen LogP contribution in [0, 0.1) is 0 Å². The normalized spacial score (nSPS) is 15.1. The summed E-state index contributed by atoms with van der Waals surface area (Å²) in [5.41, 5.74) is 0. The monoisotopic (exact) mass is 509 g/mol. The quantitative estimate of drug-likeness (QED) is 0.0978. The van der Waals surface area contributed by atoms with Crippen molar-refractivity contribution in [2.45, 2.75) is 55.7 Å². The molecule has 0 aliphatic carbocycles. The van der Waals surface area contributed by atoms with Gasteiger partial charge in [0.15, 0.2) is 0 Å². The first-order valence-electron chi connectivity index (χ1n) is 8.56. The molecule has 0 saturated carbocycles. The molecule has 1 unspecified atom stereocenters. The molecule has 2 N–H and O–H groups in total. The van der Waals surface area contributed by atoms with E-state index in [4.69, 9.17) is 4.55 Å². The SMILES string of the molecule is C=C(F)C(=O)OC(OCCCC(F)(F)C(F)(F)S(=O)(=O)O)(C(=O)NCCCC)C(F)(F)F. The molecule has 0 heterocycles. The summed E-state index contributed by atoms with van der Waals surface area (Å²) in [4.78, 5) is 23.4. The zero-order valence-electron chi connectivity index (χ0n) is 16.3. The van der Waals surface area contributed by atoms with E-state index in [2.05, 4.69) is 16.1 Å². The lowest BCUT2D eigenvalue weighted by molar-refractivity contribution is -0.347. The molecular weight excluding hydrogens is 490 g/mol. The summed E-state index contributed by atoms with van der Waals surface area (Å²) in [6.45, 7) is 1.95. The second kappa shape index (κ2) is 10.7. The molecule has 188 valence electrons. The summed E-state index contributed by atoms with van der Waals surface area (Å²) in [6.07, 6.45) is -8.98. The van der Waals surface area contributed by atoms with Crippen LogP contribution in [0.1, 0.15) is 32.6 Å². The Kier molecular flexibility index (Phi) is 10.1.